The van der Waals surface area contributed by atoms with Crippen molar-refractivity contribution in [3.05, 3.63) is 71.0 Å². The van der Waals surface area contributed by atoms with E-state index in [1.807, 2.05) is 6.20 Å². The summed E-state index contributed by atoms with van der Waals surface area (Å²) in [6, 6.07) is 15.2. The number of piperidine rings is 1. The van der Waals surface area contributed by atoms with Crippen LogP contribution in [0.1, 0.15) is 41.6 Å². The van der Waals surface area contributed by atoms with Gasteiger partial charge in [-0.15, -0.1) is 0 Å². The number of aromatic nitrogens is 1. The number of aryl methyl sites for hydroxylation is 2. The smallest absolute Gasteiger partial charge is 0.0650 e. The van der Waals surface area contributed by atoms with Gasteiger partial charge in [-0.1, -0.05) is 42.5 Å². The molecular weight excluding hydrogens is 316 g/mol. The van der Waals surface area contributed by atoms with Gasteiger partial charge in [-0.2, -0.15) is 0 Å². The van der Waals surface area contributed by atoms with Crippen LogP contribution in [-0.4, -0.2) is 18.1 Å². The monoisotopic (exact) mass is 342 g/mol. The molecule has 0 unspecified atom stereocenters. The number of hydrogen-bond acceptors (Lipinski definition) is 2. The van der Waals surface area contributed by atoms with Gasteiger partial charge in [0.25, 0.3) is 0 Å². The Balaban J connectivity index is 1.67. The van der Waals surface area contributed by atoms with Gasteiger partial charge in [0.05, 0.1) is 5.69 Å². The lowest BCUT2D eigenvalue weighted by molar-refractivity contribution is 0.577. The second kappa shape index (κ2) is 7.33. The van der Waals surface area contributed by atoms with Gasteiger partial charge in [0.1, 0.15) is 0 Å². The predicted octanol–water partition coefficient (Wildman–Crippen LogP) is 6.01. The van der Waals surface area contributed by atoms with E-state index in [4.69, 9.17) is 0 Å². The van der Waals surface area contributed by atoms with Gasteiger partial charge in [0.15, 0.2) is 0 Å². The van der Waals surface area contributed by atoms with E-state index in [-0.39, 0.29) is 0 Å². The molecule has 1 fully saturated rings. The maximum atomic E-state index is 4.64. The highest BCUT2D eigenvalue weighted by Gasteiger charge is 2.13. The Kier molecular flexibility index (Phi) is 4.75. The summed E-state index contributed by atoms with van der Waals surface area (Å²) in [5.74, 6) is 0. The Morgan fingerprint density at radius 2 is 1.65 bits per heavy atom. The molecule has 26 heavy (non-hydrogen) atoms. The molecule has 0 spiro atoms. The minimum atomic E-state index is 1.03. The molecule has 2 aromatic carbocycles. The number of rotatable bonds is 3. The Hall–Kier alpha value is -2.61. The fraction of sp³-hybridized carbons (Fsp3) is 0.292. The minimum absolute atomic E-state index is 1.03. The van der Waals surface area contributed by atoms with Crippen molar-refractivity contribution < 1.29 is 0 Å². The molecule has 132 valence electrons. The van der Waals surface area contributed by atoms with Crippen molar-refractivity contribution in [2.75, 3.05) is 18.0 Å². The molecule has 1 aromatic heterocycles. The van der Waals surface area contributed by atoms with Crippen LogP contribution in [0.25, 0.3) is 22.9 Å². The summed E-state index contributed by atoms with van der Waals surface area (Å²) in [5, 5.41) is 2.62. The first kappa shape index (κ1) is 16.8. The van der Waals surface area contributed by atoms with Gasteiger partial charge < -0.3 is 4.90 Å². The Morgan fingerprint density at radius 1 is 0.885 bits per heavy atom. The van der Waals surface area contributed by atoms with Gasteiger partial charge in [-0.3, -0.25) is 4.98 Å². The molecule has 0 radical (unpaired) electrons. The van der Waals surface area contributed by atoms with Gasteiger partial charge >= 0.3 is 0 Å². The van der Waals surface area contributed by atoms with Crippen molar-refractivity contribution in [2.24, 2.45) is 0 Å². The second-order valence-electron chi connectivity index (χ2n) is 7.30. The standard InChI is InChI=1S/C24H26N2/c1-18-8-6-9-20-10-7-11-21(24(18)20)12-13-22-16-23(19(2)17-25-22)26-14-4-3-5-15-26/h6-13,16-17H,3-5,14-15H2,1-2H3/b13-12-. The highest BCUT2D eigenvalue weighted by Crippen LogP contribution is 2.26. The molecule has 0 saturated carbocycles. The average molecular weight is 342 g/mol. The molecule has 1 aliphatic rings. The molecule has 3 aromatic rings. The van der Waals surface area contributed by atoms with E-state index in [0.717, 1.165) is 18.8 Å². The van der Waals surface area contributed by atoms with Crippen LogP contribution in [0, 0.1) is 13.8 Å². The molecular formula is C24H26N2. The van der Waals surface area contributed by atoms with Gasteiger partial charge in [0, 0.05) is 25.0 Å². The maximum absolute atomic E-state index is 4.64. The van der Waals surface area contributed by atoms with E-state index in [2.05, 4.69) is 78.3 Å². The summed E-state index contributed by atoms with van der Waals surface area (Å²) in [4.78, 5) is 7.15. The predicted molar refractivity (Wildman–Crippen MR) is 113 cm³/mol. The fourth-order valence-corrected chi connectivity index (χ4v) is 3.97. The zero-order valence-electron chi connectivity index (χ0n) is 15.7. The maximum Gasteiger partial charge on any atom is 0.0650 e. The molecule has 0 aliphatic carbocycles. The Bertz CT molecular complexity index is 944. The quantitative estimate of drug-likeness (QED) is 0.579. The fourth-order valence-electron chi connectivity index (χ4n) is 3.97. The second-order valence-corrected chi connectivity index (χ2v) is 7.30. The van der Waals surface area contributed by atoms with Crippen molar-refractivity contribution in [3.63, 3.8) is 0 Å². The van der Waals surface area contributed by atoms with Crippen molar-refractivity contribution in [1.29, 1.82) is 0 Å². The lowest BCUT2D eigenvalue weighted by Gasteiger charge is -2.30. The number of anilines is 1. The normalized spacial score (nSPS) is 15.1. The van der Waals surface area contributed by atoms with E-state index in [1.54, 1.807) is 0 Å². The largest absolute Gasteiger partial charge is 0.371 e. The molecule has 4 rings (SSSR count). The molecule has 0 amide bonds. The third-order valence-electron chi connectivity index (χ3n) is 5.37. The highest BCUT2D eigenvalue weighted by molar-refractivity contribution is 5.95. The van der Waals surface area contributed by atoms with Crippen LogP contribution in [0.4, 0.5) is 5.69 Å². The van der Waals surface area contributed by atoms with Crippen LogP contribution in [0.2, 0.25) is 0 Å². The molecule has 0 bridgehead atoms. The van der Waals surface area contributed by atoms with Crippen LogP contribution < -0.4 is 4.90 Å². The molecule has 1 saturated heterocycles. The van der Waals surface area contributed by atoms with E-state index in [0.29, 0.717) is 0 Å². The summed E-state index contributed by atoms with van der Waals surface area (Å²) in [6.07, 6.45) is 10.3. The molecule has 2 heterocycles. The van der Waals surface area contributed by atoms with Crippen molar-refractivity contribution in [3.8, 4) is 0 Å². The van der Waals surface area contributed by atoms with Crippen LogP contribution in [0.5, 0.6) is 0 Å². The molecule has 2 heteroatoms. The first-order chi connectivity index (χ1) is 12.7. The van der Waals surface area contributed by atoms with E-state index in [1.165, 1.54) is 52.4 Å². The summed E-state index contributed by atoms with van der Waals surface area (Å²) < 4.78 is 0. The minimum Gasteiger partial charge on any atom is -0.371 e. The molecule has 0 atom stereocenters. The topological polar surface area (TPSA) is 16.1 Å². The number of hydrogen-bond donors (Lipinski definition) is 0. The summed E-state index contributed by atoms with van der Waals surface area (Å²) in [6.45, 7) is 6.67. The highest BCUT2D eigenvalue weighted by atomic mass is 15.1. The first-order valence-corrected chi connectivity index (χ1v) is 9.60. The van der Waals surface area contributed by atoms with Crippen LogP contribution in [-0.2, 0) is 0 Å². The third kappa shape index (κ3) is 3.37. The number of fused-ring (bicyclic) bond motifs is 1. The number of nitrogens with zero attached hydrogens (tertiary/aromatic N) is 2. The Labute approximate surface area is 156 Å². The van der Waals surface area contributed by atoms with Crippen molar-refractivity contribution in [2.45, 2.75) is 33.1 Å². The van der Waals surface area contributed by atoms with Crippen LogP contribution in [0.15, 0.2) is 48.7 Å². The van der Waals surface area contributed by atoms with E-state index in [9.17, 15) is 0 Å². The number of pyridine rings is 1. The molecule has 0 N–H and O–H groups in total. The van der Waals surface area contributed by atoms with Gasteiger partial charge in [-0.25, -0.2) is 0 Å². The van der Waals surface area contributed by atoms with E-state index >= 15 is 0 Å². The lowest BCUT2D eigenvalue weighted by Crippen LogP contribution is -2.30. The van der Waals surface area contributed by atoms with Crippen molar-refractivity contribution in [1.82, 2.24) is 4.98 Å². The van der Waals surface area contributed by atoms with Crippen LogP contribution >= 0.6 is 0 Å². The summed E-state index contributed by atoms with van der Waals surface area (Å²) in [5.41, 5.74) is 6.20. The summed E-state index contributed by atoms with van der Waals surface area (Å²) in [7, 11) is 0. The zero-order chi connectivity index (χ0) is 17.9. The summed E-state index contributed by atoms with van der Waals surface area (Å²) >= 11 is 0. The lowest BCUT2D eigenvalue weighted by atomic mass is 9.99. The third-order valence-corrected chi connectivity index (χ3v) is 5.37. The zero-order valence-corrected chi connectivity index (χ0v) is 15.7. The molecule has 2 nitrogen and oxygen atoms in total. The Morgan fingerprint density at radius 3 is 2.46 bits per heavy atom. The van der Waals surface area contributed by atoms with Crippen LogP contribution in [0.3, 0.4) is 0 Å². The van der Waals surface area contributed by atoms with E-state index < -0.39 is 0 Å². The average Bonchev–Trinajstić information content (AvgIpc) is 2.68. The van der Waals surface area contributed by atoms with Crippen molar-refractivity contribution >= 4 is 28.6 Å². The SMILES string of the molecule is Cc1cnc(/C=C\c2cccc3cccc(C)c23)cc1N1CCCCC1. The number of benzene rings is 2. The van der Waals surface area contributed by atoms with Gasteiger partial charge in [-0.05, 0) is 72.7 Å². The van der Waals surface area contributed by atoms with Gasteiger partial charge in [0.2, 0.25) is 0 Å². The first-order valence-electron chi connectivity index (χ1n) is 9.60. The molecule has 1 aliphatic heterocycles.